The first-order chi connectivity index (χ1) is 4.84. The Balaban J connectivity index is 2.59. The van der Waals surface area contributed by atoms with E-state index in [2.05, 4.69) is 10.2 Å². The maximum atomic E-state index is 11.0. The Bertz CT molecular complexity index is 203. The van der Waals surface area contributed by atoms with Gasteiger partial charge in [-0.15, -0.1) is 0 Å². The minimum Gasteiger partial charge on any atom is -0.292 e. The molecule has 3 nitrogen and oxygen atoms in total. The number of aromatic amines is 1. The Morgan fingerprint density at radius 2 is 2.60 bits per heavy atom. The predicted molar refractivity (Wildman–Crippen MR) is 37.8 cm³/mol. The Labute approximate surface area is 59.4 Å². The van der Waals surface area contributed by atoms with E-state index in [4.69, 9.17) is 0 Å². The van der Waals surface area contributed by atoms with Gasteiger partial charge in [0.2, 0.25) is 0 Å². The molecular formula is C7H10N2O. The summed E-state index contributed by atoms with van der Waals surface area (Å²) in [5.74, 6) is 0.139. The summed E-state index contributed by atoms with van der Waals surface area (Å²) < 4.78 is 0. The van der Waals surface area contributed by atoms with E-state index < -0.39 is 0 Å². The molecule has 1 aromatic rings. The van der Waals surface area contributed by atoms with Gasteiger partial charge < -0.3 is 0 Å². The first-order valence-electron chi connectivity index (χ1n) is 3.37. The molecule has 1 aromatic heterocycles. The van der Waals surface area contributed by atoms with Crippen molar-refractivity contribution >= 4 is 5.78 Å². The Kier molecular flexibility index (Phi) is 2.20. The number of carbonyl (C=O) groups is 1. The van der Waals surface area contributed by atoms with Crippen molar-refractivity contribution in [2.45, 2.75) is 19.8 Å². The van der Waals surface area contributed by atoms with Gasteiger partial charge in [0.15, 0.2) is 5.78 Å². The van der Waals surface area contributed by atoms with Crippen LogP contribution in [0.2, 0.25) is 0 Å². The molecule has 0 radical (unpaired) electrons. The lowest BCUT2D eigenvalue weighted by molar-refractivity contribution is 0.0977. The molecule has 0 aliphatic heterocycles. The van der Waals surface area contributed by atoms with Gasteiger partial charge in [0, 0.05) is 12.6 Å². The molecule has 0 saturated carbocycles. The summed E-state index contributed by atoms with van der Waals surface area (Å²) in [6, 6.07) is 1.69. The lowest BCUT2D eigenvalue weighted by Crippen LogP contribution is -1.97. The second-order valence-corrected chi connectivity index (χ2v) is 2.14. The molecule has 0 aromatic carbocycles. The molecule has 0 aliphatic rings. The van der Waals surface area contributed by atoms with Crippen molar-refractivity contribution < 1.29 is 4.79 Å². The van der Waals surface area contributed by atoms with Crippen LogP contribution in [0.25, 0.3) is 0 Å². The number of aromatic nitrogens is 2. The summed E-state index contributed by atoms with van der Waals surface area (Å²) in [6.45, 7) is 1.98. The number of Topliss-reactive ketones (excluding diaryl/α,β-unsaturated/α-hetero) is 1. The Morgan fingerprint density at radius 1 is 1.80 bits per heavy atom. The minimum absolute atomic E-state index is 0.139. The molecule has 0 atom stereocenters. The Hall–Kier alpha value is -1.12. The number of nitrogens with zero attached hydrogens (tertiary/aromatic N) is 1. The van der Waals surface area contributed by atoms with Gasteiger partial charge >= 0.3 is 0 Å². The number of carbonyl (C=O) groups excluding carboxylic acids is 1. The topological polar surface area (TPSA) is 45.8 Å². The smallest absolute Gasteiger partial charge is 0.180 e. The molecule has 54 valence electrons. The molecule has 0 unspecified atom stereocenters. The van der Waals surface area contributed by atoms with Gasteiger partial charge in [-0.1, -0.05) is 6.92 Å². The van der Waals surface area contributed by atoms with Gasteiger partial charge in [-0.2, -0.15) is 5.10 Å². The van der Waals surface area contributed by atoms with Crippen molar-refractivity contribution in [2.24, 2.45) is 0 Å². The summed E-state index contributed by atoms with van der Waals surface area (Å²) in [5, 5.41) is 6.30. The van der Waals surface area contributed by atoms with Gasteiger partial charge in [0.1, 0.15) is 5.69 Å². The fourth-order valence-electron chi connectivity index (χ4n) is 0.773. The van der Waals surface area contributed by atoms with Crippen LogP contribution in [-0.4, -0.2) is 16.0 Å². The Morgan fingerprint density at radius 3 is 3.10 bits per heavy atom. The van der Waals surface area contributed by atoms with E-state index in [1.165, 1.54) is 0 Å². The van der Waals surface area contributed by atoms with E-state index in [1.54, 1.807) is 12.3 Å². The van der Waals surface area contributed by atoms with E-state index in [9.17, 15) is 4.79 Å². The average Bonchev–Trinajstić information content (AvgIpc) is 2.38. The third kappa shape index (κ3) is 1.43. The predicted octanol–water partition coefficient (Wildman–Crippen LogP) is 1.39. The molecule has 3 heteroatoms. The van der Waals surface area contributed by atoms with Crippen LogP contribution in [0.1, 0.15) is 30.3 Å². The molecule has 10 heavy (non-hydrogen) atoms. The van der Waals surface area contributed by atoms with Crippen molar-refractivity contribution in [3.8, 4) is 0 Å². The van der Waals surface area contributed by atoms with E-state index in [0.29, 0.717) is 12.1 Å². The second kappa shape index (κ2) is 3.15. The van der Waals surface area contributed by atoms with E-state index in [-0.39, 0.29) is 5.78 Å². The maximum absolute atomic E-state index is 11.0. The van der Waals surface area contributed by atoms with Crippen molar-refractivity contribution in [3.05, 3.63) is 18.0 Å². The van der Waals surface area contributed by atoms with Crippen LogP contribution >= 0.6 is 0 Å². The fraction of sp³-hybridized carbons (Fsp3) is 0.429. The van der Waals surface area contributed by atoms with Crippen LogP contribution in [-0.2, 0) is 0 Å². The highest BCUT2D eigenvalue weighted by atomic mass is 16.1. The van der Waals surface area contributed by atoms with Crippen LogP contribution in [0.3, 0.4) is 0 Å². The number of hydrogen-bond donors (Lipinski definition) is 1. The highest BCUT2D eigenvalue weighted by Crippen LogP contribution is 1.99. The number of ketones is 1. The van der Waals surface area contributed by atoms with E-state index in [1.807, 2.05) is 6.92 Å². The zero-order chi connectivity index (χ0) is 7.40. The zero-order valence-corrected chi connectivity index (χ0v) is 5.92. The molecule has 0 spiro atoms. The van der Waals surface area contributed by atoms with Crippen LogP contribution in [0.15, 0.2) is 12.3 Å². The highest BCUT2D eigenvalue weighted by Gasteiger charge is 2.03. The van der Waals surface area contributed by atoms with Gasteiger partial charge in [-0.25, -0.2) is 0 Å². The fourth-order valence-corrected chi connectivity index (χ4v) is 0.773. The molecule has 1 rings (SSSR count). The average molecular weight is 138 g/mol. The SMILES string of the molecule is CCCC(=O)c1ccn[nH]1. The minimum atomic E-state index is 0.139. The number of rotatable bonds is 3. The molecule has 1 heterocycles. The summed E-state index contributed by atoms with van der Waals surface area (Å²) >= 11 is 0. The maximum Gasteiger partial charge on any atom is 0.180 e. The first-order valence-corrected chi connectivity index (χ1v) is 3.37. The van der Waals surface area contributed by atoms with Crippen molar-refractivity contribution in [3.63, 3.8) is 0 Å². The molecule has 0 aliphatic carbocycles. The third-order valence-electron chi connectivity index (χ3n) is 1.28. The number of hydrogen-bond acceptors (Lipinski definition) is 2. The van der Waals surface area contributed by atoms with Crippen LogP contribution in [0.5, 0.6) is 0 Å². The molecular weight excluding hydrogens is 128 g/mol. The number of H-pyrrole nitrogens is 1. The quantitative estimate of drug-likeness (QED) is 0.641. The zero-order valence-electron chi connectivity index (χ0n) is 5.92. The van der Waals surface area contributed by atoms with Crippen LogP contribution in [0, 0.1) is 0 Å². The summed E-state index contributed by atoms with van der Waals surface area (Å²) in [4.78, 5) is 11.0. The lowest BCUT2D eigenvalue weighted by Gasteiger charge is -1.90. The van der Waals surface area contributed by atoms with Gasteiger partial charge in [-0.05, 0) is 12.5 Å². The van der Waals surface area contributed by atoms with Crippen LogP contribution in [0.4, 0.5) is 0 Å². The van der Waals surface area contributed by atoms with Gasteiger partial charge in [-0.3, -0.25) is 9.89 Å². The van der Waals surface area contributed by atoms with Gasteiger partial charge in [0.25, 0.3) is 0 Å². The van der Waals surface area contributed by atoms with Crippen molar-refractivity contribution in [2.75, 3.05) is 0 Å². The summed E-state index contributed by atoms with van der Waals surface area (Å²) in [7, 11) is 0. The standard InChI is InChI=1S/C7H10N2O/c1-2-3-7(10)6-4-5-8-9-6/h4-5H,2-3H2,1H3,(H,8,9). The van der Waals surface area contributed by atoms with Crippen molar-refractivity contribution in [1.29, 1.82) is 0 Å². The lowest BCUT2D eigenvalue weighted by atomic mass is 10.2. The second-order valence-electron chi connectivity index (χ2n) is 2.14. The van der Waals surface area contributed by atoms with Gasteiger partial charge in [0.05, 0.1) is 0 Å². The van der Waals surface area contributed by atoms with E-state index >= 15 is 0 Å². The first kappa shape index (κ1) is 6.99. The third-order valence-corrected chi connectivity index (χ3v) is 1.28. The molecule has 0 fully saturated rings. The summed E-state index contributed by atoms with van der Waals surface area (Å²) in [5.41, 5.74) is 0.613. The monoisotopic (exact) mass is 138 g/mol. The summed E-state index contributed by atoms with van der Waals surface area (Å²) in [6.07, 6.45) is 3.07. The largest absolute Gasteiger partial charge is 0.292 e. The molecule has 0 saturated heterocycles. The normalized spacial score (nSPS) is 9.70. The molecule has 0 bridgehead atoms. The highest BCUT2D eigenvalue weighted by molar-refractivity contribution is 5.93. The van der Waals surface area contributed by atoms with Crippen molar-refractivity contribution in [1.82, 2.24) is 10.2 Å². The molecule has 1 N–H and O–H groups in total. The molecule has 0 amide bonds. The van der Waals surface area contributed by atoms with E-state index in [0.717, 1.165) is 6.42 Å². The van der Waals surface area contributed by atoms with Crippen LogP contribution < -0.4 is 0 Å². The number of nitrogens with one attached hydrogen (secondary N) is 1.